The van der Waals surface area contributed by atoms with Gasteiger partial charge < -0.3 is 4.74 Å². The highest BCUT2D eigenvalue weighted by Crippen LogP contribution is 2.47. The molecule has 2 atom stereocenters. The van der Waals surface area contributed by atoms with Crippen molar-refractivity contribution >= 4 is 17.3 Å². The van der Waals surface area contributed by atoms with Gasteiger partial charge in [-0.15, -0.1) is 0 Å². The second-order valence-electron chi connectivity index (χ2n) is 6.45. The molecule has 2 aliphatic heterocycles. The Morgan fingerprint density at radius 1 is 1.00 bits per heavy atom. The summed E-state index contributed by atoms with van der Waals surface area (Å²) in [5.41, 5.74) is 4.28. The Morgan fingerprint density at radius 3 is 2.65 bits per heavy atom. The number of fused-ring (bicyclic) bond motifs is 3. The lowest BCUT2D eigenvalue weighted by Gasteiger charge is -2.38. The van der Waals surface area contributed by atoms with Gasteiger partial charge in [-0.2, -0.15) is 5.10 Å². The summed E-state index contributed by atoms with van der Waals surface area (Å²) in [5, 5.41) is 7.69. The minimum Gasteiger partial charge on any atom is -0.464 e. The fourth-order valence-electron chi connectivity index (χ4n) is 3.59. The van der Waals surface area contributed by atoms with Gasteiger partial charge in [0.15, 0.2) is 0 Å². The van der Waals surface area contributed by atoms with Crippen molar-refractivity contribution in [1.82, 2.24) is 9.99 Å². The van der Waals surface area contributed by atoms with Crippen LogP contribution in [0.1, 0.15) is 35.4 Å². The van der Waals surface area contributed by atoms with Crippen LogP contribution in [0.2, 0.25) is 5.02 Å². The van der Waals surface area contributed by atoms with Gasteiger partial charge in [0.2, 0.25) is 6.23 Å². The van der Waals surface area contributed by atoms with E-state index in [0.29, 0.717) is 5.02 Å². The molecule has 0 aliphatic carbocycles. The number of hydrazone groups is 1. The first kappa shape index (κ1) is 15.4. The molecule has 0 saturated heterocycles. The van der Waals surface area contributed by atoms with Gasteiger partial charge in [-0.3, -0.25) is 4.98 Å². The third kappa shape index (κ3) is 2.54. The molecule has 3 aromatic rings. The number of ether oxygens (including phenoxy) is 1. The van der Waals surface area contributed by atoms with Crippen molar-refractivity contribution in [2.45, 2.75) is 18.7 Å². The Morgan fingerprint density at radius 2 is 1.85 bits per heavy atom. The molecule has 0 bridgehead atoms. The molecule has 0 saturated carbocycles. The normalized spacial score (nSPS) is 20.8. The van der Waals surface area contributed by atoms with Gasteiger partial charge in [0.25, 0.3) is 0 Å². The van der Waals surface area contributed by atoms with Gasteiger partial charge in [-0.05, 0) is 24.3 Å². The van der Waals surface area contributed by atoms with Gasteiger partial charge in [-0.1, -0.05) is 48.0 Å². The van der Waals surface area contributed by atoms with Crippen LogP contribution >= 0.6 is 11.6 Å². The zero-order chi connectivity index (χ0) is 17.5. The first-order valence-corrected chi connectivity index (χ1v) is 8.95. The van der Waals surface area contributed by atoms with Crippen LogP contribution in [0.4, 0.5) is 0 Å². The summed E-state index contributed by atoms with van der Waals surface area (Å²) in [7, 11) is 0. The molecular formula is C21H16ClN3O. The molecule has 3 heterocycles. The van der Waals surface area contributed by atoms with E-state index in [1.54, 1.807) is 6.20 Å². The number of para-hydroxylation sites is 1. The molecule has 0 radical (unpaired) electrons. The Bertz CT molecular complexity index is 972. The fourth-order valence-corrected chi connectivity index (χ4v) is 3.72. The zero-order valence-corrected chi connectivity index (χ0v) is 14.7. The second kappa shape index (κ2) is 6.15. The highest BCUT2D eigenvalue weighted by Gasteiger charge is 2.40. The Hall–Kier alpha value is -2.85. The predicted octanol–water partition coefficient (Wildman–Crippen LogP) is 4.98. The number of hydrogen-bond donors (Lipinski definition) is 0. The average Bonchev–Trinajstić information content (AvgIpc) is 3.14. The molecule has 0 amide bonds. The van der Waals surface area contributed by atoms with Crippen LogP contribution in [0, 0.1) is 0 Å². The van der Waals surface area contributed by atoms with Crippen LogP contribution < -0.4 is 4.74 Å². The minimum absolute atomic E-state index is 0.149. The maximum absolute atomic E-state index is 6.32. The lowest BCUT2D eigenvalue weighted by atomic mass is 9.96. The smallest absolute Gasteiger partial charge is 0.213 e. The van der Waals surface area contributed by atoms with Crippen molar-refractivity contribution in [3.05, 3.63) is 94.8 Å². The van der Waals surface area contributed by atoms with Crippen molar-refractivity contribution in [3.8, 4) is 5.75 Å². The molecule has 4 nitrogen and oxygen atoms in total. The molecule has 2 aliphatic rings. The molecule has 1 aromatic heterocycles. The van der Waals surface area contributed by atoms with Crippen molar-refractivity contribution < 1.29 is 4.74 Å². The maximum atomic E-state index is 6.32. The van der Waals surface area contributed by atoms with Crippen molar-refractivity contribution in [2.24, 2.45) is 5.10 Å². The van der Waals surface area contributed by atoms with Crippen molar-refractivity contribution in [1.29, 1.82) is 0 Å². The average molecular weight is 362 g/mol. The van der Waals surface area contributed by atoms with E-state index in [1.807, 2.05) is 60.8 Å². The highest BCUT2D eigenvalue weighted by molar-refractivity contribution is 6.30. The Kier molecular flexibility index (Phi) is 3.64. The largest absolute Gasteiger partial charge is 0.464 e. The molecule has 2 aromatic carbocycles. The maximum Gasteiger partial charge on any atom is 0.213 e. The van der Waals surface area contributed by atoms with E-state index in [1.165, 1.54) is 5.56 Å². The second-order valence-corrected chi connectivity index (χ2v) is 6.88. The van der Waals surface area contributed by atoms with E-state index in [-0.39, 0.29) is 12.3 Å². The summed E-state index contributed by atoms with van der Waals surface area (Å²) >= 11 is 6.06. The van der Waals surface area contributed by atoms with Gasteiger partial charge in [0.1, 0.15) is 5.75 Å². The monoisotopic (exact) mass is 361 g/mol. The van der Waals surface area contributed by atoms with Crippen molar-refractivity contribution in [3.63, 3.8) is 0 Å². The zero-order valence-electron chi connectivity index (χ0n) is 13.9. The van der Waals surface area contributed by atoms with Crippen molar-refractivity contribution in [2.75, 3.05) is 0 Å². The predicted molar refractivity (Wildman–Crippen MR) is 101 cm³/mol. The summed E-state index contributed by atoms with van der Waals surface area (Å²) in [6, 6.07) is 20.1. The summed E-state index contributed by atoms with van der Waals surface area (Å²) in [5.74, 6) is 0.913. The number of halogens is 1. The lowest BCUT2D eigenvalue weighted by molar-refractivity contribution is -0.0190. The van der Waals surface area contributed by atoms with Gasteiger partial charge in [0, 0.05) is 40.5 Å². The molecular weight excluding hydrogens is 346 g/mol. The number of benzene rings is 2. The number of nitrogens with zero attached hydrogens (tertiary/aromatic N) is 3. The molecule has 128 valence electrons. The molecule has 26 heavy (non-hydrogen) atoms. The standard InChI is InChI=1S/C21H16ClN3O/c22-16-9-7-14(8-10-16)21-25-19(17-5-1-2-6-20(17)26-21)12-18(24-25)15-4-3-11-23-13-15/h1-11,13,19,21H,12H2/t19-,21-/m0/s1. The third-order valence-electron chi connectivity index (χ3n) is 4.85. The van der Waals surface area contributed by atoms with Crippen LogP contribution in [0.25, 0.3) is 0 Å². The van der Waals surface area contributed by atoms with E-state index in [9.17, 15) is 0 Å². The van der Waals surface area contributed by atoms with Gasteiger partial charge >= 0.3 is 0 Å². The number of rotatable bonds is 2. The number of pyridine rings is 1. The SMILES string of the molecule is Clc1ccc([C@@H]2Oc3ccccc3[C@@H]3CC(c4cccnc4)=NN32)cc1. The van der Waals surface area contributed by atoms with E-state index < -0.39 is 0 Å². The topological polar surface area (TPSA) is 37.7 Å². The quantitative estimate of drug-likeness (QED) is 0.646. The summed E-state index contributed by atoms with van der Waals surface area (Å²) in [6.45, 7) is 0. The summed E-state index contributed by atoms with van der Waals surface area (Å²) in [6.07, 6.45) is 4.19. The van der Waals surface area contributed by atoms with Crippen LogP contribution in [-0.4, -0.2) is 15.7 Å². The van der Waals surface area contributed by atoms with E-state index in [0.717, 1.165) is 29.0 Å². The van der Waals surface area contributed by atoms with Gasteiger partial charge in [0.05, 0.1) is 11.8 Å². The van der Waals surface area contributed by atoms with Crippen LogP contribution in [-0.2, 0) is 0 Å². The summed E-state index contributed by atoms with van der Waals surface area (Å²) < 4.78 is 6.32. The molecule has 0 unspecified atom stereocenters. The molecule has 5 heteroatoms. The first-order chi connectivity index (χ1) is 12.8. The number of hydrogen-bond acceptors (Lipinski definition) is 4. The molecule has 0 spiro atoms. The van der Waals surface area contributed by atoms with Crippen LogP contribution in [0.3, 0.4) is 0 Å². The van der Waals surface area contributed by atoms with E-state index in [4.69, 9.17) is 21.4 Å². The van der Waals surface area contributed by atoms with E-state index >= 15 is 0 Å². The van der Waals surface area contributed by atoms with Crippen LogP contribution in [0.15, 0.2) is 78.2 Å². The van der Waals surface area contributed by atoms with E-state index in [2.05, 4.69) is 16.1 Å². The van der Waals surface area contributed by atoms with Crippen LogP contribution in [0.5, 0.6) is 5.75 Å². The Balaban J connectivity index is 1.60. The van der Waals surface area contributed by atoms with Gasteiger partial charge in [-0.25, -0.2) is 5.01 Å². The first-order valence-electron chi connectivity index (χ1n) is 8.57. The minimum atomic E-state index is -0.277. The summed E-state index contributed by atoms with van der Waals surface area (Å²) in [4.78, 5) is 4.23. The molecule has 0 N–H and O–H groups in total. The third-order valence-corrected chi connectivity index (χ3v) is 5.10. The lowest BCUT2D eigenvalue weighted by Crippen LogP contribution is -2.33. The fraction of sp³-hybridized carbons (Fsp3) is 0.143. The molecule has 5 rings (SSSR count). The highest BCUT2D eigenvalue weighted by atomic mass is 35.5. The Labute approximate surface area is 156 Å². The number of aromatic nitrogens is 1. The molecule has 0 fully saturated rings.